The Labute approximate surface area is 170 Å². The lowest BCUT2D eigenvalue weighted by Gasteiger charge is -2.31. The van der Waals surface area contributed by atoms with E-state index in [2.05, 4.69) is 34.5 Å². The zero-order valence-corrected chi connectivity index (χ0v) is 16.5. The molecule has 0 radical (unpaired) electrons. The van der Waals surface area contributed by atoms with Gasteiger partial charge in [-0.15, -0.1) is 0 Å². The summed E-state index contributed by atoms with van der Waals surface area (Å²) in [5.74, 6) is -0.120. The summed E-state index contributed by atoms with van der Waals surface area (Å²) >= 11 is 0. The van der Waals surface area contributed by atoms with Crippen LogP contribution in [0.2, 0.25) is 0 Å². The summed E-state index contributed by atoms with van der Waals surface area (Å²) < 4.78 is 0. The standard InChI is InChI=1S/C22H26N4O3/c27-22-16-25(21-9-8-19(26(28)29)14-20(21)23-22)12-5-1-4-11-24-13-10-17-6-2-3-7-18(17)15-24/h2-3,6-9,14H,1,4-5,10-13,15-16H2,(H,23,27). The van der Waals surface area contributed by atoms with Gasteiger partial charge in [-0.25, -0.2) is 0 Å². The Balaban J connectivity index is 1.25. The van der Waals surface area contributed by atoms with E-state index in [9.17, 15) is 14.9 Å². The molecule has 0 atom stereocenters. The number of nitrogens with one attached hydrogen (secondary N) is 1. The second kappa shape index (κ2) is 8.61. The maximum Gasteiger partial charge on any atom is 0.271 e. The molecular weight excluding hydrogens is 368 g/mol. The van der Waals surface area contributed by atoms with Crippen LogP contribution < -0.4 is 10.2 Å². The average molecular weight is 394 g/mol. The molecule has 2 heterocycles. The van der Waals surface area contributed by atoms with Crippen molar-refractivity contribution in [1.29, 1.82) is 0 Å². The van der Waals surface area contributed by atoms with Gasteiger partial charge >= 0.3 is 0 Å². The average Bonchev–Trinajstić information content (AvgIpc) is 2.72. The lowest BCUT2D eigenvalue weighted by Crippen LogP contribution is -2.38. The number of fused-ring (bicyclic) bond motifs is 2. The number of unbranched alkanes of at least 4 members (excludes halogenated alkanes) is 2. The van der Waals surface area contributed by atoms with Gasteiger partial charge in [-0.1, -0.05) is 30.7 Å². The number of non-ortho nitro benzene ring substituents is 1. The number of rotatable bonds is 7. The lowest BCUT2D eigenvalue weighted by molar-refractivity contribution is -0.384. The quantitative estimate of drug-likeness (QED) is 0.441. The van der Waals surface area contributed by atoms with E-state index in [0.29, 0.717) is 12.2 Å². The number of carbonyl (C=O) groups is 1. The van der Waals surface area contributed by atoms with Gasteiger partial charge in [0.1, 0.15) is 0 Å². The van der Waals surface area contributed by atoms with Crippen molar-refractivity contribution in [1.82, 2.24) is 4.90 Å². The zero-order chi connectivity index (χ0) is 20.2. The first-order chi connectivity index (χ1) is 14.1. The third-order valence-electron chi connectivity index (χ3n) is 5.75. The van der Waals surface area contributed by atoms with Crippen molar-refractivity contribution in [3.05, 3.63) is 63.7 Å². The van der Waals surface area contributed by atoms with Crippen molar-refractivity contribution in [2.75, 3.05) is 36.4 Å². The molecule has 2 aliphatic heterocycles. The van der Waals surface area contributed by atoms with Crippen molar-refractivity contribution in [3.8, 4) is 0 Å². The minimum absolute atomic E-state index is 0.00555. The van der Waals surface area contributed by atoms with Crippen LogP contribution in [-0.4, -0.2) is 41.9 Å². The minimum Gasteiger partial charge on any atom is -0.361 e. The Morgan fingerprint density at radius 2 is 1.79 bits per heavy atom. The van der Waals surface area contributed by atoms with Crippen LogP contribution in [0, 0.1) is 10.1 Å². The van der Waals surface area contributed by atoms with Gasteiger partial charge in [-0.05, 0) is 43.0 Å². The molecule has 1 N–H and O–H groups in total. The molecule has 0 spiro atoms. The van der Waals surface area contributed by atoms with E-state index in [4.69, 9.17) is 0 Å². The van der Waals surface area contributed by atoms with E-state index in [1.165, 1.54) is 23.3 Å². The Hall–Kier alpha value is -2.93. The van der Waals surface area contributed by atoms with E-state index in [0.717, 1.165) is 57.5 Å². The summed E-state index contributed by atoms with van der Waals surface area (Å²) in [7, 11) is 0. The summed E-state index contributed by atoms with van der Waals surface area (Å²) in [5.41, 5.74) is 4.31. The van der Waals surface area contributed by atoms with E-state index in [1.54, 1.807) is 6.07 Å². The van der Waals surface area contributed by atoms with Crippen molar-refractivity contribution >= 4 is 23.0 Å². The molecule has 7 nitrogen and oxygen atoms in total. The summed E-state index contributed by atoms with van der Waals surface area (Å²) in [5, 5.41) is 13.7. The molecule has 4 rings (SSSR count). The van der Waals surface area contributed by atoms with Crippen LogP contribution in [-0.2, 0) is 17.8 Å². The fourth-order valence-electron chi connectivity index (χ4n) is 4.22. The minimum atomic E-state index is -0.440. The van der Waals surface area contributed by atoms with Crippen molar-refractivity contribution in [3.63, 3.8) is 0 Å². The van der Waals surface area contributed by atoms with E-state index in [1.807, 2.05) is 4.90 Å². The Bertz CT molecular complexity index is 915. The number of carbonyl (C=O) groups excluding carboxylic acids is 1. The normalized spacial score (nSPS) is 16.1. The molecule has 29 heavy (non-hydrogen) atoms. The number of benzene rings is 2. The van der Waals surface area contributed by atoms with Gasteiger partial charge in [0.2, 0.25) is 5.91 Å². The van der Waals surface area contributed by atoms with Gasteiger partial charge in [0.05, 0.1) is 22.8 Å². The first-order valence-corrected chi connectivity index (χ1v) is 10.2. The SMILES string of the molecule is O=C1CN(CCCCCN2CCc3ccccc3C2)c2ccc([N+](=O)[O-])cc2N1. The molecule has 152 valence electrons. The molecule has 0 aromatic heterocycles. The van der Waals surface area contributed by atoms with Crippen molar-refractivity contribution in [2.45, 2.75) is 32.2 Å². The van der Waals surface area contributed by atoms with Crippen LogP contribution in [0.15, 0.2) is 42.5 Å². The number of nitrogens with zero attached hydrogens (tertiary/aromatic N) is 3. The van der Waals surface area contributed by atoms with Gasteiger partial charge < -0.3 is 10.2 Å². The maximum atomic E-state index is 12.0. The summed E-state index contributed by atoms with van der Waals surface area (Å²) in [6.45, 7) is 4.33. The fraction of sp³-hybridized carbons (Fsp3) is 0.409. The number of amides is 1. The molecular formula is C22H26N4O3. The van der Waals surface area contributed by atoms with Crippen LogP contribution in [0.4, 0.5) is 17.1 Å². The molecule has 1 amide bonds. The zero-order valence-electron chi connectivity index (χ0n) is 16.5. The highest BCUT2D eigenvalue weighted by atomic mass is 16.6. The van der Waals surface area contributed by atoms with Gasteiger partial charge in [0.15, 0.2) is 0 Å². The Kier molecular flexibility index (Phi) is 5.76. The topological polar surface area (TPSA) is 78.7 Å². The smallest absolute Gasteiger partial charge is 0.271 e. The molecule has 0 unspecified atom stereocenters. The molecule has 0 saturated heterocycles. The highest BCUT2D eigenvalue weighted by Gasteiger charge is 2.23. The Morgan fingerprint density at radius 3 is 2.62 bits per heavy atom. The number of anilines is 2. The van der Waals surface area contributed by atoms with E-state index >= 15 is 0 Å². The molecule has 7 heteroatoms. The highest BCUT2D eigenvalue weighted by Crippen LogP contribution is 2.33. The Morgan fingerprint density at radius 1 is 1.00 bits per heavy atom. The first kappa shape index (κ1) is 19.4. The predicted molar refractivity (Wildman–Crippen MR) is 113 cm³/mol. The first-order valence-electron chi connectivity index (χ1n) is 10.2. The largest absolute Gasteiger partial charge is 0.361 e. The fourth-order valence-corrected chi connectivity index (χ4v) is 4.22. The number of nitro groups is 1. The van der Waals surface area contributed by atoms with Crippen molar-refractivity contribution in [2.24, 2.45) is 0 Å². The molecule has 2 aromatic rings. The second-order valence-corrected chi connectivity index (χ2v) is 7.78. The monoisotopic (exact) mass is 394 g/mol. The van der Waals surface area contributed by atoms with Gasteiger partial charge in [-0.2, -0.15) is 0 Å². The van der Waals surface area contributed by atoms with Crippen LogP contribution >= 0.6 is 0 Å². The van der Waals surface area contributed by atoms with E-state index < -0.39 is 4.92 Å². The summed E-state index contributed by atoms with van der Waals surface area (Å²) in [6, 6.07) is 13.4. The predicted octanol–water partition coefficient (Wildman–Crippen LogP) is 3.58. The van der Waals surface area contributed by atoms with Gasteiger partial charge in [-0.3, -0.25) is 19.8 Å². The lowest BCUT2D eigenvalue weighted by atomic mass is 10.00. The number of hydrogen-bond acceptors (Lipinski definition) is 5. The van der Waals surface area contributed by atoms with Crippen molar-refractivity contribution < 1.29 is 9.72 Å². The second-order valence-electron chi connectivity index (χ2n) is 7.78. The third-order valence-corrected chi connectivity index (χ3v) is 5.75. The molecule has 0 aliphatic carbocycles. The van der Waals surface area contributed by atoms with Gasteiger partial charge in [0.25, 0.3) is 5.69 Å². The van der Waals surface area contributed by atoms with Gasteiger partial charge in [0, 0.05) is 31.8 Å². The molecule has 2 aliphatic rings. The van der Waals surface area contributed by atoms with Crippen LogP contribution in [0.1, 0.15) is 30.4 Å². The molecule has 0 bridgehead atoms. The highest BCUT2D eigenvalue weighted by molar-refractivity contribution is 6.01. The molecule has 0 fully saturated rings. The molecule has 0 saturated carbocycles. The summed E-state index contributed by atoms with van der Waals surface area (Å²) in [4.78, 5) is 27.1. The van der Waals surface area contributed by atoms with Crippen LogP contribution in [0.5, 0.6) is 0 Å². The van der Waals surface area contributed by atoms with Crippen LogP contribution in [0.3, 0.4) is 0 Å². The molecule has 2 aromatic carbocycles. The van der Waals surface area contributed by atoms with Crippen LogP contribution in [0.25, 0.3) is 0 Å². The number of hydrogen-bond donors (Lipinski definition) is 1. The maximum absolute atomic E-state index is 12.0. The number of nitro benzene ring substituents is 1. The third kappa shape index (κ3) is 4.56. The van der Waals surface area contributed by atoms with E-state index in [-0.39, 0.29) is 11.6 Å². The summed E-state index contributed by atoms with van der Waals surface area (Å²) in [6.07, 6.45) is 4.35.